The van der Waals surface area contributed by atoms with Crippen molar-refractivity contribution in [1.29, 1.82) is 0 Å². The number of ether oxygens (including phenoxy) is 3. The summed E-state index contributed by atoms with van der Waals surface area (Å²) in [6, 6.07) is 0. The fourth-order valence-electron chi connectivity index (χ4n) is 8.87. The maximum absolute atomic E-state index is 13.7. The third-order valence-electron chi connectivity index (χ3n) is 10.8. The van der Waals surface area contributed by atoms with Crippen LogP contribution in [0.3, 0.4) is 0 Å². The number of ketones is 1. The summed E-state index contributed by atoms with van der Waals surface area (Å²) >= 11 is 0. The summed E-state index contributed by atoms with van der Waals surface area (Å²) in [5.41, 5.74) is -0.343. The molecule has 0 aliphatic heterocycles. The van der Waals surface area contributed by atoms with Gasteiger partial charge in [0.2, 0.25) is 0 Å². The van der Waals surface area contributed by atoms with Crippen LogP contribution in [0.1, 0.15) is 85.5 Å². The molecule has 0 amide bonds. The highest BCUT2D eigenvalue weighted by atomic mass is 16.7. The molecular weight excluding hydrogens is 448 g/mol. The van der Waals surface area contributed by atoms with Gasteiger partial charge in [0.05, 0.1) is 19.8 Å². The molecule has 1 N–H and O–H groups in total. The van der Waals surface area contributed by atoms with Gasteiger partial charge in [-0.2, -0.15) is 0 Å². The van der Waals surface area contributed by atoms with Crippen LogP contribution in [0.25, 0.3) is 0 Å². The van der Waals surface area contributed by atoms with E-state index in [-0.39, 0.29) is 59.1 Å². The van der Waals surface area contributed by atoms with Gasteiger partial charge in [-0.25, -0.2) is 4.79 Å². The van der Waals surface area contributed by atoms with Crippen LogP contribution in [0.4, 0.5) is 4.79 Å². The first kappa shape index (κ1) is 26.4. The van der Waals surface area contributed by atoms with E-state index in [1.165, 1.54) is 7.11 Å². The maximum atomic E-state index is 13.7. The van der Waals surface area contributed by atoms with Crippen LogP contribution in [0, 0.1) is 46.3 Å². The first-order chi connectivity index (χ1) is 16.6. The molecule has 35 heavy (non-hydrogen) atoms. The van der Waals surface area contributed by atoms with Gasteiger partial charge in [-0.05, 0) is 86.9 Å². The molecule has 4 aliphatic carbocycles. The third-order valence-corrected chi connectivity index (χ3v) is 10.8. The molecular formula is C28H44O7. The summed E-state index contributed by atoms with van der Waals surface area (Å²) in [5, 5.41) is 11.7. The van der Waals surface area contributed by atoms with Crippen LogP contribution in [0.5, 0.6) is 0 Å². The second kappa shape index (κ2) is 10.0. The first-order valence-corrected chi connectivity index (χ1v) is 13.7. The van der Waals surface area contributed by atoms with Gasteiger partial charge in [0.1, 0.15) is 11.9 Å². The molecule has 0 aromatic heterocycles. The summed E-state index contributed by atoms with van der Waals surface area (Å²) in [4.78, 5) is 37.3. The fraction of sp³-hybridized carbons (Fsp3) is 0.893. The van der Waals surface area contributed by atoms with E-state index in [0.717, 1.165) is 32.1 Å². The lowest BCUT2D eigenvalue weighted by molar-refractivity contribution is -0.182. The summed E-state index contributed by atoms with van der Waals surface area (Å²) in [6.45, 7) is 8.74. The molecule has 0 radical (unpaired) electrons. The van der Waals surface area contributed by atoms with Crippen LogP contribution in [-0.2, 0) is 23.8 Å². The van der Waals surface area contributed by atoms with E-state index in [0.29, 0.717) is 37.4 Å². The number of methoxy groups -OCH3 is 1. The Morgan fingerprint density at radius 3 is 2.57 bits per heavy atom. The van der Waals surface area contributed by atoms with E-state index in [4.69, 9.17) is 14.2 Å². The Labute approximate surface area is 209 Å². The molecule has 1 unspecified atom stereocenters. The number of aliphatic hydroxyl groups is 1. The summed E-state index contributed by atoms with van der Waals surface area (Å²) < 4.78 is 15.3. The van der Waals surface area contributed by atoms with Crippen molar-refractivity contribution >= 4 is 17.9 Å². The van der Waals surface area contributed by atoms with Crippen LogP contribution in [-0.4, -0.2) is 48.9 Å². The number of rotatable bonds is 6. The predicted molar refractivity (Wildman–Crippen MR) is 129 cm³/mol. The van der Waals surface area contributed by atoms with Crippen molar-refractivity contribution in [1.82, 2.24) is 0 Å². The zero-order chi connectivity index (χ0) is 25.5. The number of esters is 1. The molecule has 0 aromatic rings. The van der Waals surface area contributed by atoms with Crippen molar-refractivity contribution in [2.75, 3.05) is 13.7 Å². The molecule has 4 aliphatic rings. The Bertz CT molecular complexity index is 826. The van der Waals surface area contributed by atoms with Gasteiger partial charge in [0, 0.05) is 24.2 Å². The molecule has 0 heterocycles. The molecule has 4 fully saturated rings. The van der Waals surface area contributed by atoms with Gasteiger partial charge in [-0.3, -0.25) is 9.59 Å². The van der Waals surface area contributed by atoms with Gasteiger partial charge in [-0.15, -0.1) is 0 Å². The van der Waals surface area contributed by atoms with Crippen LogP contribution in [0.15, 0.2) is 0 Å². The lowest BCUT2D eigenvalue weighted by atomic mass is 9.43. The summed E-state index contributed by atoms with van der Waals surface area (Å²) in [7, 11) is 1.42. The van der Waals surface area contributed by atoms with Crippen LogP contribution >= 0.6 is 0 Å². The quantitative estimate of drug-likeness (QED) is 0.525. The molecule has 0 saturated heterocycles. The lowest BCUT2D eigenvalue weighted by Gasteiger charge is -2.61. The average molecular weight is 493 g/mol. The molecule has 7 nitrogen and oxygen atoms in total. The Hall–Kier alpha value is -1.63. The molecule has 0 bridgehead atoms. The van der Waals surface area contributed by atoms with E-state index in [9.17, 15) is 19.5 Å². The predicted octanol–water partition coefficient (Wildman–Crippen LogP) is 4.93. The van der Waals surface area contributed by atoms with Gasteiger partial charge in [0.25, 0.3) is 0 Å². The van der Waals surface area contributed by atoms with Gasteiger partial charge in [-0.1, -0.05) is 20.8 Å². The Kier molecular flexibility index (Phi) is 7.57. The van der Waals surface area contributed by atoms with Crippen molar-refractivity contribution < 1.29 is 33.7 Å². The Morgan fingerprint density at radius 2 is 1.89 bits per heavy atom. The minimum absolute atomic E-state index is 0.00928. The van der Waals surface area contributed by atoms with Crippen molar-refractivity contribution in [2.24, 2.45) is 46.3 Å². The largest absolute Gasteiger partial charge is 0.508 e. The first-order valence-electron chi connectivity index (χ1n) is 13.7. The number of fused-ring (bicyclic) bond motifs is 5. The minimum Gasteiger partial charge on any atom is -0.469 e. The van der Waals surface area contributed by atoms with Gasteiger partial charge < -0.3 is 19.3 Å². The van der Waals surface area contributed by atoms with Crippen LogP contribution in [0.2, 0.25) is 0 Å². The molecule has 4 rings (SSSR count). The molecule has 198 valence electrons. The molecule has 10 atom stereocenters. The van der Waals surface area contributed by atoms with E-state index < -0.39 is 12.3 Å². The van der Waals surface area contributed by atoms with Gasteiger partial charge in [0.15, 0.2) is 0 Å². The van der Waals surface area contributed by atoms with Crippen molar-refractivity contribution in [2.45, 2.75) is 97.7 Å². The van der Waals surface area contributed by atoms with Crippen molar-refractivity contribution in [3.63, 3.8) is 0 Å². The zero-order valence-electron chi connectivity index (χ0n) is 22.1. The van der Waals surface area contributed by atoms with Gasteiger partial charge >= 0.3 is 12.1 Å². The monoisotopic (exact) mass is 492 g/mol. The number of hydrogen-bond acceptors (Lipinski definition) is 7. The molecule has 4 saturated carbocycles. The molecule has 7 heteroatoms. The van der Waals surface area contributed by atoms with E-state index in [1.54, 1.807) is 6.92 Å². The van der Waals surface area contributed by atoms with Crippen LogP contribution < -0.4 is 0 Å². The minimum atomic E-state index is -0.622. The topological polar surface area (TPSA) is 99.1 Å². The standard InChI is InChI=1S/C28H44O7/c1-6-34-26(32)35-18-11-12-27(3)17(13-18)14-22(29)25-20-9-8-19(16(2)7-10-24(31)33-5)28(20,4)23(30)15-21(25)27/h16-21,23,25,30H,6-15H2,1-5H3/t16-,17?,18-,19-,20+,21+,23+,25+,27+,28-/m1/s1. The number of carbonyl (C=O) groups is 3. The second-order valence-electron chi connectivity index (χ2n) is 12.2. The van der Waals surface area contributed by atoms with Crippen molar-refractivity contribution in [3.8, 4) is 0 Å². The zero-order valence-corrected chi connectivity index (χ0v) is 22.1. The van der Waals surface area contributed by atoms with E-state index in [1.807, 2.05) is 0 Å². The smallest absolute Gasteiger partial charge is 0.469 e. The average Bonchev–Trinajstić information content (AvgIpc) is 3.17. The fourth-order valence-corrected chi connectivity index (χ4v) is 8.87. The molecule has 0 aromatic carbocycles. The Morgan fingerprint density at radius 1 is 1.14 bits per heavy atom. The van der Waals surface area contributed by atoms with E-state index >= 15 is 0 Å². The molecule has 0 spiro atoms. The number of hydrogen-bond donors (Lipinski definition) is 1. The highest BCUT2D eigenvalue weighted by Gasteiger charge is 2.66. The van der Waals surface area contributed by atoms with Crippen molar-refractivity contribution in [3.05, 3.63) is 0 Å². The number of aliphatic hydroxyl groups excluding tert-OH is 1. The number of Topliss-reactive ketones (excluding diaryl/α,β-unsaturated/α-hetero) is 1. The Balaban J connectivity index is 1.51. The number of carbonyl (C=O) groups excluding carboxylic acids is 3. The normalized spacial score (nSPS) is 43.4. The van der Waals surface area contributed by atoms with E-state index in [2.05, 4.69) is 20.8 Å². The SMILES string of the molecule is CCOC(=O)O[C@@H]1CC[C@@]2(C)C(CC(=O)[C@H]3[C@@H]4CC[C@H]([C@H](C)CCC(=O)OC)[C@@]4(C)[C@@H](O)C[C@@H]32)C1. The second-order valence-corrected chi connectivity index (χ2v) is 12.2. The highest BCUT2D eigenvalue weighted by Crippen LogP contribution is 2.67. The maximum Gasteiger partial charge on any atom is 0.508 e. The summed E-state index contributed by atoms with van der Waals surface area (Å²) in [6.07, 6.45) is 5.35. The lowest BCUT2D eigenvalue weighted by Crippen LogP contribution is -2.61. The summed E-state index contributed by atoms with van der Waals surface area (Å²) in [5.74, 6) is 1.22. The highest BCUT2D eigenvalue weighted by molar-refractivity contribution is 5.83. The third kappa shape index (κ3) is 4.51.